The van der Waals surface area contributed by atoms with Crippen LogP contribution in [0.5, 0.6) is 5.75 Å². The van der Waals surface area contributed by atoms with Crippen LogP contribution in [0.15, 0.2) is 57.8 Å². The molecule has 0 unspecified atom stereocenters. The number of hydrogen-bond acceptors (Lipinski definition) is 5. The van der Waals surface area contributed by atoms with Gasteiger partial charge in [-0.05, 0) is 49.6 Å². The standard InChI is InChI=1S/C23H22N2O2S2/c1-14-4-6-17(7-5-14)19-13-29-22-20(19)21(26)24-23(25-22)28-9-8-27-18-11-15(2)10-16(3)12-18/h4-7,10-13H,8-9H2,1-3H3,(H,24,25,26). The van der Waals surface area contributed by atoms with Crippen molar-refractivity contribution in [3.8, 4) is 16.9 Å². The molecule has 0 amide bonds. The molecule has 148 valence electrons. The Bertz CT molecular complexity index is 1190. The van der Waals surface area contributed by atoms with Crippen LogP contribution in [0.4, 0.5) is 0 Å². The fourth-order valence-electron chi connectivity index (χ4n) is 3.26. The molecule has 0 spiro atoms. The molecular weight excluding hydrogens is 400 g/mol. The van der Waals surface area contributed by atoms with E-state index in [1.165, 1.54) is 39.8 Å². The Hall–Kier alpha value is -2.57. The van der Waals surface area contributed by atoms with Gasteiger partial charge in [0.1, 0.15) is 10.6 Å². The zero-order valence-corrected chi connectivity index (χ0v) is 18.2. The van der Waals surface area contributed by atoms with E-state index in [1.807, 2.05) is 29.6 Å². The van der Waals surface area contributed by atoms with Crippen molar-refractivity contribution in [2.45, 2.75) is 25.9 Å². The molecule has 6 heteroatoms. The van der Waals surface area contributed by atoms with Gasteiger partial charge in [-0.1, -0.05) is 47.7 Å². The molecule has 2 aromatic heterocycles. The molecule has 4 aromatic rings. The van der Waals surface area contributed by atoms with Gasteiger partial charge in [0.2, 0.25) is 0 Å². The number of aromatic nitrogens is 2. The first kappa shape index (κ1) is 19.7. The van der Waals surface area contributed by atoms with Gasteiger partial charge in [0.15, 0.2) is 5.16 Å². The van der Waals surface area contributed by atoms with Gasteiger partial charge in [-0.15, -0.1) is 11.3 Å². The van der Waals surface area contributed by atoms with Crippen molar-refractivity contribution in [1.82, 2.24) is 9.97 Å². The third kappa shape index (κ3) is 4.54. The van der Waals surface area contributed by atoms with E-state index in [2.05, 4.69) is 48.9 Å². The van der Waals surface area contributed by atoms with Crippen LogP contribution < -0.4 is 10.3 Å². The number of hydrogen-bond donors (Lipinski definition) is 1. The largest absolute Gasteiger partial charge is 0.493 e. The second kappa shape index (κ2) is 8.43. The second-order valence-electron chi connectivity index (χ2n) is 7.09. The van der Waals surface area contributed by atoms with Gasteiger partial charge in [0.05, 0.1) is 12.0 Å². The fraction of sp³-hybridized carbons (Fsp3) is 0.217. The molecule has 2 aromatic carbocycles. The average Bonchev–Trinajstić information content (AvgIpc) is 3.10. The summed E-state index contributed by atoms with van der Waals surface area (Å²) in [7, 11) is 0. The van der Waals surface area contributed by atoms with E-state index in [1.54, 1.807) is 0 Å². The molecule has 29 heavy (non-hydrogen) atoms. The Morgan fingerprint density at radius 1 is 1.03 bits per heavy atom. The number of ether oxygens (including phenoxy) is 1. The normalized spacial score (nSPS) is 11.1. The Morgan fingerprint density at radius 3 is 2.48 bits per heavy atom. The molecular formula is C23H22N2O2S2. The fourth-order valence-corrected chi connectivity index (χ4v) is 4.94. The molecule has 0 fully saturated rings. The minimum atomic E-state index is -0.0930. The SMILES string of the molecule is Cc1ccc(-c2csc3nc(SCCOc4cc(C)cc(C)c4)[nH]c(=O)c23)cc1. The summed E-state index contributed by atoms with van der Waals surface area (Å²) in [6, 6.07) is 14.4. The number of thioether (sulfide) groups is 1. The summed E-state index contributed by atoms with van der Waals surface area (Å²) in [5.41, 5.74) is 5.45. The summed E-state index contributed by atoms with van der Waals surface area (Å²) in [4.78, 5) is 21.0. The predicted molar refractivity (Wildman–Crippen MR) is 123 cm³/mol. The molecule has 0 saturated carbocycles. The number of nitrogens with zero attached hydrogens (tertiary/aromatic N) is 1. The molecule has 0 radical (unpaired) electrons. The van der Waals surface area contributed by atoms with Gasteiger partial charge in [-0.25, -0.2) is 4.98 Å². The van der Waals surface area contributed by atoms with Crippen molar-refractivity contribution < 1.29 is 4.74 Å². The van der Waals surface area contributed by atoms with Crippen molar-refractivity contribution in [3.63, 3.8) is 0 Å². The van der Waals surface area contributed by atoms with Crippen molar-refractivity contribution in [2.24, 2.45) is 0 Å². The van der Waals surface area contributed by atoms with Gasteiger partial charge >= 0.3 is 0 Å². The number of aromatic amines is 1. The highest BCUT2D eigenvalue weighted by Crippen LogP contribution is 2.31. The van der Waals surface area contributed by atoms with Crippen molar-refractivity contribution in [2.75, 3.05) is 12.4 Å². The van der Waals surface area contributed by atoms with Crippen LogP contribution in [-0.4, -0.2) is 22.3 Å². The third-order valence-electron chi connectivity index (χ3n) is 4.57. The summed E-state index contributed by atoms with van der Waals surface area (Å²) in [6.45, 7) is 6.72. The van der Waals surface area contributed by atoms with Crippen molar-refractivity contribution in [1.29, 1.82) is 0 Å². The first-order chi connectivity index (χ1) is 14.0. The van der Waals surface area contributed by atoms with Gasteiger partial charge in [0, 0.05) is 16.7 Å². The molecule has 4 nitrogen and oxygen atoms in total. The lowest BCUT2D eigenvalue weighted by Gasteiger charge is -2.08. The number of H-pyrrole nitrogens is 1. The van der Waals surface area contributed by atoms with Crippen LogP contribution in [0.2, 0.25) is 0 Å². The zero-order chi connectivity index (χ0) is 20.4. The van der Waals surface area contributed by atoms with Crippen LogP contribution in [0.25, 0.3) is 21.3 Å². The first-order valence-electron chi connectivity index (χ1n) is 9.42. The Labute approximate surface area is 178 Å². The molecule has 0 aliphatic rings. The Morgan fingerprint density at radius 2 is 1.76 bits per heavy atom. The number of benzene rings is 2. The Balaban J connectivity index is 1.46. The number of thiophene rings is 1. The molecule has 1 N–H and O–H groups in total. The highest BCUT2D eigenvalue weighted by Gasteiger charge is 2.13. The third-order valence-corrected chi connectivity index (χ3v) is 6.28. The molecule has 0 bridgehead atoms. The van der Waals surface area contributed by atoms with Crippen LogP contribution in [0.1, 0.15) is 16.7 Å². The van der Waals surface area contributed by atoms with Gasteiger partial charge in [0.25, 0.3) is 5.56 Å². The van der Waals surface area contributed by atoms with Crippen LogP contribution >= 0.6 is 23.1 Å². The van der Waals surface area contributed by atoms with E-state index >= 15 is 0 Å². The molecule has 0 saturated heterocycles. The maximum atomic E-state index is 12.7. The van der Waals surface area contributed by atoms with Crippen molar-refractivity contribution in [3.05, 3.63) is 74.9 Å². The minimum absolute atomic E-state index is 0.0930. The number of rotatable bonds is 6. The lowest BCUT2D eigenvalue weighted by Crippen LogP contribution is -2.09. The van der Waals surface area contributed by atoms with Crippen LogP contribution in [0, 0.1) is 20.8 Å². The summed E-state index contributed by atoms with van der Waals surface area (Å²) in [6.07, 6.45) is 0. The average molecular weight is 423 g/mol. The maximum absolute atomic E-state index is 12.7. The minimum Gasteiger partial charge on any atom is -0.493 e. The van der Waals surface area contributed by atoms with E-state index in [9.17, 15) is 4.79 Å². The summed E-state index contributed by atoms with van der Waals surface area (Å²) < 4.78 is 5.84. The van der Waals surface area contributed by atoms with Crippen LogP contribution in [0.3, 0.4) is 0 Å². The van der Waals surface area contributed by atoms with Crippen LogP contribution in [-0.2, 0) is 0 Å². The monoisotopic (exact) mass is 422 g/mol. The molecule has 2 heterocycles. The molecule has 0 aliphatic heterocycles. The molecule has 4 rings (SSSR count). The lowest BCUT2D eigenvalue weighted by molar-refractivity contribution is 0.343. The topological polar surface area (TPSA) is 55.0 Å². The van der Waals surface area contributed by atoms with Gasteiger partial charge < -0.3 is 9.72 Å². The van der Waals surface area contributed by atoms with E-state index in [0.717, 1.165) is 21.7 Å². The smallest absolute Gasteiger partial charge is 0.260 e. The molecule has 0 atom stereocenters. The van der Waals surface area contributed by atoms with E-state index in [-0.39, 0.29) is 5.56 Å². The first-order valence-corrected chi connectivity index (χ1v) is 11.3. The number of fused-ring (bicyclic) bond motifs is 1. The van der Waals surface area contributed by atoms with E-state index < -0.39 is 0 Å². The molecule has 0 aliphatic carbocycles. The van der Waals surface area contributed by atoms with E-state index in [4.69, 9.17) is 4.74 Å². The summed E-state index contributed by atoms with van der Waals surface area (Å²) in [5, 5.41) is 3.30. The maximum Gasteiger partial charge on any atom is 0.260 e. The highest BCUT2D eigenvalue weighted by atomic mass is 32.2. The Kier molecular flexibility index (Phi) is 5.74. The number of nitrogens with one attached hydrogen (secondary N) is 1. The predicted octanol–water partition coefficient (Wildman–Crippen LogP) is 5.75. The zero-order valence-electron chi connectivity index (χ0n) is 16.6. The second-order valence-corrected chi connectivity index (χ2v) is 9.03. The van der Waals surface area contributed by atoms with E-state index in [0.29, 0.717) is 22.9 Å². The highest BCUT2D eigenvalue weighted by molar-refractivity contribution is 7.99. The quantitative estimate of drug-likeness (QED) is 0.244. The van der Waals surface area contributed by atoms with Crippen molar-refractivity contribution >= 4 is 33.3 Å². The van der Waals surface area contributed by atoms with Gasteiger partial charge in [-0.2, -0.15) is 0 Å². The summed E-state index contributed by atoms with van der Waals surface area (Å²) >= 11 is 3.00. The number of aryl methyl sites for hydroxylation is 3. The van der Waals surface area contributed by atoms with Gasteiger partial charge in [-0.3, -0.25) is 4.79 Å². The summed E-state index contributed by atoms with van der Waals surface area (Å²) in [5.74, 6) is 1.58. The lowest BCUT2D eigenvalue weighted by atomic mass is 10.1.